The molecule has 0 aliphatic rings. The van der Waals surface area contributed by atoms with Crippen LogP contribution in [0.3, 0.4) is 0 Å². The van der Waals surface area contributed by atoms with E-state index >= 15 is 0 Å². The van der Waals surface area contributed by atoms with E-state index < -0.39 is 12.6 Å². The number of aromatic hydroxyl groups is 1. The lowest BCUT2D eigenvalue weighted by atomic mass is 10.1. The van der Waals surface area contributed by atoms with Crippen molar-refractivity contribution in [3.63, 3.8) is 0 Å². The lowest BCUT2D eigenvalue weighted by Gasteiger charge is -2.12. The van der Waals surface area contributed by atoms with Gasteiger partial charge in [0.15, 0.2) is 11.4 Å². The molecular weight excluding hydrogens is 298 g/mol. The molecule has 23 heavy (non-hydrogen) atoms. The predicted octanol–water partition coefficient (Wildman–Crippen LogP) is 2.09. The monoisotopic (exact) mass is 317 g/mol. The summed E-state index contributed by atoms with van der Waals surface area (Å²) in [5.74, 6) is -1.14. The molecule has 0 amide bonds. The van der Waals surface area contributed by atoms with Crippen LogP contribution in [0.4, 0.5) is 0 Å². The molecule has 0 aliphatic heterocycles. The first kappa shape index (κ1) is 16.9. The summed E-state index contributed by atoms with van der Waals surface area (Å²) in [5.41, 5.74) is 2.70. The van der Waals surface area contributed by atoms with Gasteiger partial charge in [-0.05, 0) is 12.5 Å². The number of aliphatic hydroxyl groups is 1. The van der Waals surface area contributed by atoms with E-state index in [9.17, 15) is 15.0 Å². The van der Waals surface area contributed by atoms with E-state index in [0.717, 1.165) is 5.56 Å². The van der Waals surface area contributed by atoms with Gasteiger partial charge in [-0.3, -0.25) is 0 Å². The maximum Gasteiger partial charge on any atom is 0.360 e. The molecule has 2 aromatic rings. The number of benzene rings is 1. The number of nitrogens with zero attached hydrogens (tertiary/aromatic N) is 1. The highest BCUT2D eigenvalue weighted by Gasteiger charge is 2.19. The highest BCUT2D eigenvalue weighted by Crippen LogP contribution is 2.25. The number of carbonyl (C=O) groups is 1. The molecule has 0 spiro atoms. The molecule has 1 aromatic heterocycles. The van der Waals surface area contributed by atoms with Gasteiger partial charge >= 0.3 is 5.97 Å². The fraction of sp³-hybridized carbons (Fsp3) is 0.294. The average Bonchev–Trinajstić information content (AvgIpc) is 2.56. The van der Waals surface area contributed by atoms with Crippen molar-refractivity contribution in [2.45, 2.75) is 26.7 Å². The SMILES string of the molecule is COC(=O)c1ncc(COCc2ccc(C)cc2)c(CO)c1O. The maximum atomic E-state index is 11.5. The average molecular weight is 317 g/mol. The van der Waals surface area contributed by atoms with E-state index in [1.807, 2.05) is 31.2 Å². The zero-order chi connectivity index (χ0) is 16.8. The van der Waals surface area contributed by atoms with Crippen molar-refractivity contribution in [1.29, 1.82) is 0 Å². The minimum Gasteiger partial charge on any atom is -0.505 e. The van der Waals surface area contributed by atoms with Gasteiger partial charge in [-0.15, -0.1) is 0 Å². The molecule has 0 saturated heterocycles. The van der Waals surface area contributed by atoms with Gasteiger partial charge in [-0.25, -0.2) is 9.78 Å². The quantitative estimate of drug-likeness (QED) is 0.793. The van der Waals surface area contributed by atoms with Crippen molar-refractivity contribution in [3.05, 3.63) is 58.4 Å². The number of rotatable bonds is 6. The summed E-state index contributed by atoms with van der Waals surface area (Å²) >= 11 is 0. The largest absolute Gasteiger partial charge is 0.505 e. The van der Waals surface area contributed by atoms with Gasteiger partial charge in [0.05, 0.1) is 26.9 Å². The van der Waals surface area contributed by atoms with Gasteiger partial charge in [0.25, 0.3) is 0 Å². The van der Waals surface area contributed by atoms with Crippen LogP contribution in [-0.2, 0) is 29.3 Å². The van der Waals surface area contributed by atoms with Gasteiger partial charge in [0.1, 0.15) is 0 Å². The van der Waals surface area contributed by atoms with Crippen LogP contribution in [0.25, 0.3) is 0 Å². The summed E-state index contributed by atoms with van der Waals surface area (Å²) in [5, 5.41) is 19.5. The lowest BCUT2D eigenvalue weighted by molar-refractivity contribution is 0.0589. The molecule has 6 nitrogen and oxygen atoms in total. The molecule has 122 valence electrons. The van der Waals surface area contributed by atoms with E-state index in [1.54, 1.807) is 0 Å². The first-order chi connectivity index (χ1) is 11.1. The molecule has 0 radical (unpaired) electrons. The van der Waals surface area contributed by atoms with Crippen LogP contribution >= 0.6 is 0 Å². The second-order valence-corrected chi connectivity index (χ2v) is 5.09. The number of ether oxygens (including phenoxy) is 2. The van der Waals surface area contributed by atoms with Crippen molar-refractivity contribution in [1.82, 2.24) is 4.98 Å². The highest BCUT2D eigenvalue weighted by atomic mass is 16.5. The van der Waals surface area contributed by atoms with Crippen molar-refractivity contribution in [2.24, 2.45) is 0 Å². The Morgan fingerprint density at radius 1 is 1.22 bits per heavy atom. The van der Waals surface area contributed by atoms with Crippen molar-refractivity contribution >= 4 is 5.97 Å². The molecule has 0 fully saturated rings. The number of aliphatic hydroxyl groups excluding tert-OH is 1. The first-order valence-electron chi connectivity index (χ1n) is 7.09. The number of methoxy groups -OCH3 is 1. The number of pyridine rings is 1. The Morgan fingerprint density at radius 3 is 2.52 bits per heavy atom. The van der Waals surface area contributed by atoms with Crippen LogP contribution < -0.4 is 0 Å². The molecule has 0 saturated carbocycles. The number of aryl methyl sites for hydroxylation is 1. The Kier molecular flexibility index (Phi) is 5.67. The summed E-state index contributed by atoms with van der Waals surface area (Å²) in [6, 6.07) is 7.93. The van der Waals surface area contributed by atoms with Crippen LogP contribution in [0.15, 0.2) is 30.5 Å². The molecule has 2 rings (SSSR count). The molecule has 0 unspecified atom stereocenters. The number of aromatic nitrogens is 1. The number of esters is 1. The fourth-order valence-electron chi connectivity index (χ4n) is 2.09. The topological polar surface area (TPSA) is 88.9 Å². The Bertz CT molecular complexity index is 682. The lowest BCUT2D eigenvalue weighted by Crippen LogP contribution is -2.09. The molecule has 1 aromatic carbocycles. The van der Waals surface area contributed by atoms with Crippen LogP contribution in [0.1, 0.15) is 32.7 Å². The summed E-state index contributed by atoms with van der Waals surface area (Å²) < 4.78 is 10.1. The molecule has 1 heterocycles. The van der Waals surface area contributed by atoms with E-state index in [1.165, 1.54) is 18.9 Å². The van der Waals surface area contributed by atoms with E-state index in [4.69, 9.17) is 4.74 Å². The van der Waals surface area contributed by atoms with Crippen LogP contribution in [0.5, 0.6) is 5.75 Å². The van der Waals surface area contributed by atoms with Crippen molar-refractivity contribution in [3.8, 4) is 5.75 Å². The van der Waals surface area contributed by atoms with Crippen LogP contribution in [0.2, 0.25) is 0 Å². The normalized spacial score (nSPS) is 10.6. The Balaban J connectivity index is 2.09. The highest BCUT2D eigenvalue weighted by molar-refractivity contribution is 5.90. The number of carbonyl (C=O) groups excluding carboxylic acids is 1. The number of hydrogen-bond acceptors (Lipinski definition) is 6. The second-order valence-electron chi connectivity index (χ2n) is 5.09. The van der Waals surface area contributed by atoms with Gasteiger partial charge < -0.3 is 19.7 Å². The molecule has 0 aliphatic carbocycles. The first-order valence-corrected chi connectivity index (χ1v) is 7.09. The molecular formula is C17H19NO5. The van der Waals surface area contributed by atoms with Gasteiger partial charge in [0, 0.05) is 17.3 Å². The zero-order valence-corrected chi connectivity index (χ0v) is 13.1. The smallest absolute Gasteiger partial charge is 0.360 e. The zero-order valence-electron chi connectivity index (χ0n) is 13.1. The minimum atomic E-state index is -0.760. The molecule has 6 heteroatoms. The third-order valence-corrected chi connectivity index (χ3v) is 3.43. The predicted molar refractivity (Wildman–Crippen MR) is 82.8 cm³/mol. The summed E-state index contributed by atoms with van der Waals surface area (Å²) in [6.45, 7) is 2.13. The number of hydrogen-bond donors (Lipinski definition) is 2. The Labute approximate surface area is 134 Å². The standard InChI is InChI=1S/C17H19NO5/c1-11-3-5-12(6-4-11)9-23-10-13-7-18-15(17(21)22-2)16(20)14(13)8-19/h3-7,19-20H,8-10H2,1-2H3. The summed E-state index contributed by atoms with van der Waals surface area (Å²) in [7, 11) is 1.20. The fourth-order valence-corrected chi connectivity index (χ4v) is 2.09. The van der Waals surface area contributed by atoms with Crippen molar-refractivity contribution in [2.75, 3.05) is 7.11 Å². The van der Waals surface area contributed by atoms with E-state index in [2.05, 4.69) is 9.72 Å². The van der Waals surface area contributed by atoms with E-state index in [-0.39, 0.29) is 23.6 Å². The third kappa shape index (κ3) is 4.06. The summed E-state index contributed by atoms with van der Waals surface area (Å²) in [4.78, 5) is 15.4. The van der Waals surface area contributed by atoms with Gasteiger partial charge in [0.2, 0.25) is 0 Å². The Hall–Kier alpha value is -2.44. The minimum absolute atomic E-state index is 0.159. The van der Waals surface area contributed by atoms with Crippen molar-refractivity contribution < 1.29 is 24.5 Å². The third-order valence-electron chi connectivity index (χ3n) is 3.43. The molecule has 2 N–H and O–H groups in total. The van der Waals surface area contributed by atoms with E-state index in [0.29, 0.717) is 12.2 Å². The molecule has 0 atom stereocenters. The van der Waals surface area contributed by atoms with Gasteiger partial charge in [-0.1, -0.05) is 29.8 Å². The second kappa shape index (κ2) is 7.71. The summed E-state index contributed by atoms with van der Waals surface area (Å²) in [6.07, 6.45) is 1.40. The molecule has 0 bridgehead atoms. The van der Waals surface area contributed by atoms with Gasteiger partial charge in [-0.2, -0.15) is 0 Å². The van der Waals surface area contributed by atoms with Crippen LogP contribution in [-0.4, -0.2) is 28.3 Å². The van der Waals surface area contributed by atoms with Crippen LogP contribution in [0, 0.1) is 6.92 Å². The maximum absolute atomic E-state index is 11.5. The Morgan fingerprint density at radius 2 is 1.91 bits per heavy atom.